The molecule has 0 bridgehead atoms. The Bertz CT molecular complexity index is 444. The van der Waals surface area contributed by atoms with E-state index in [4.69, 9.17) is 0 Å². The van der Waals surface area contributed by atoms with E-state index in [2.05, 4.69) is 17.4 Å². The molecule has 2 nitrogen and oxygen atoms in total. The van der Waals surface area contributed by atoms with E-state index < -0.39 is 12.6 Å². The highest BCUT2D eigenvalue weighted by atomic mass is 19.4. The van der Waals surface area contributed by atoms with E-state index in [-0.39, 0.29) is 12.6 Å². The quantitative estimate of drug-likeness (QED) is 0.823. The van der Waals surface area contributed by atoms with Crippen molar-refractivity contribution in [1.82, 2.24) is 10.2 Å². The fourth-order valence-corrected chi connectivity index (χ4v) is 2.46. The van der Waals surface area contributed by atoms with Crippen molar-refractivity contribution in [2.45, 2.75) is 39.4 Å². The van der Waals surface area contributed by atoms with Crippen LogP contribution in [0.2, 0.25) is 0 Å². The van der Waals surface area contributed by atoms with E-state index in [1.165, 1.54) is 11.1 Å². The Morgan fingerprint density at radius 2 is 1.90 bits per heavy atom. The third-order valence-corrected chi connectivity index (χ3v) is 3.52. The molecule has 1 unspecified atom stereocenters. The maximum Gasteiger partial charge on any atom is 0.390 e. The van der Waals surface area contributed by atoms with Crippen LogP contribution >= 0.6 is 0 Å². The summed E-state index contributed by atoms with van der Waals surface area (Å²) in [7, 11) is 1.74. The van der Waals surface area contributed by atoms with Gasteiger partial charge in [0.15, 0.2) is 0 Å². The summed E-state index contributed by atoms with van der Waals surface area (Å²) in [6.07, 6.45) is -4.86. The molecular weight excluding hydrogens is 277 g/mol. The summed E-state index contributed by atoms with van der Waals surface area (Å²) >= 11 is 0. The standard InChI is InChI=1S/C16H25F3N2/c1-5-20-15(11-21(4)9-8-16(17,18)19)14-7-6-12(2)10-13(14)3/h6-7,10,15,20H,5,8-9,11H2,1-4H3. The summed E-state index contributed by atoms with van der Waals surface area (Å²) < 4.78 is 36.9. The van der Waals surface area contributed by atoms with Crippen LogP contribution in [-0.2, 0) is 0 Å². The molecule has 1 aromatic rings. The van der Waals surface area contributed by atoms with Gasteiger partial charge in [0.05, 0.1) is 6.42 Å². The predicted octanol–water partition coefficient (Wildman–Crippen LogP) is 3.84. The molecule has 0 heterocycles. The minimum absolute atomic E-state index is 0.0241. The molecule has 0 fully saturated rings. The first-order chi connectivity index (χ1) is 9.73. The van der Waals surface area contributed by atoms with Gasteiger partial charge in [-0.15, -0.1) is 0 Å². The monoisotopic (exact) mass is 302 g/mol. The van der Waals surface area contributed by atoms with E-state index in [0.29, 0.717) is 6.54 Å². The van der Waals surface area contributed by atoms with Crippen LogP contribution in [0.25, 0.3) is 0 Å². The van der Waals surface area contributed by atoms with Gasteiger partial charge in [0, 0.05) is 19.1 Å². The molecule has 1 rings (SSSR count). The van der Waals surface area contributed by atoms with E-state index in [1.54, 1.807) is 11.9 Å². The van der Waals surface area contributed by atoms with Gasteiger partial charge in [0.1, 0.15) is 0 Å². The molecule has 5 heteroatoms. The van der Waals surface area contributed by atoms with Gasteiger partial charge >= 0.3 is 6.18 Å². The average Bonchev–Trinajstić information content (AvgIpc) is 2.35. The van der Waals surface area contributed by atoms with Crippen molar-refractivity contribution in [1.29, 1.82) is 0 Å². The van der Waals surface area contributed by atoms with Crippen molar-refractivity contribution in [2.75, 3.05) is 26.7 Å². The Hall–Kier alpha value is -1.07. The number of nitrogens with zero attached hydrogens (tertiary/aromatic N) is 1. The van der Waals surface area contributed by atoms with Crippen molar-refractivity contribution >= 4 is 0 Å². The van der Waals surface area contributed by atoms with E-state index >= 15 is 0 Å². The lowest BCUT2D eigenvalue weighted by molar-refractivity contribution is -0.137. The van der Waals surface area contributed by atoms with Gasteiger partial charge in [0.2, 0.25) is 0 Å². The first kappa shape index (κ1) is 18.0. The van der Waals surface area contributed by atoms with Crippen molar-refractivity contribution in [3.05, 3.63) is 34.9 Å². The molecule has 0 saturated heterocycles. The second-order valence-electron chi connectivity index (χ2n) is 5.60. The van der Waals surface area contributed by atoms with Crippen LogP contribution in [-0.4, -0.2) is 37.8 Å². The molecule has 0 radical (unpaired) electrons. The second kappa shape index (κ2) is 7.80. The summed E-state index contributed by atoms with van der Waals surface area (Å²) in [6, 6.07) is 6.27. The number of hydrogen-bond donors (Lipinski definition) is 1. The molecular formula is C16H25F3N2. The molecule has 120 valence electrons. The van der Waals surface area contributed by atoms with Gasteiger partial charge in [-0.3, -0.25) is 0 Å². The largest absolute Gasteiger partial charge is 0.390 e. The van der Waals surface area contributed by atoms with Gasteiger partial charge < -0.3 is 10.2 Å². The van der Waals surface area contributed by atoms with Crippen LogP contribution < -0.4 is 5.32 Å². The third kappa shape index (κ3) is 6.48. The SMILES string of the molecule is CCNC(CN(C)CCC(F)(F)F)c1ccc(C)cc1C. The minimum atomic E-state index is -4.10. The van der Waals surface area contributed by atoms with Crippen molar-refractivity contribution in [3.63, 3.8) is 0 Å². The minimum Gasteiger partial charge on any atom is -0.309 e. The highest BCUT2D eigenvalue weighted by molar-refractivity contribution is 5.33. The molecule has 0 aromatic heterocycles. The molecule has 0 amide bonds. The number of benzene rings is 1. The predicted molar refractivity (Wildman–Crippen MR) is 80.5 cm³/mol. The van der Waals surface area contributed by atoms with Crippen molar-refractivity contribution < 1.29 is 13.2 Å². The fourth-order valence-electron chi connectivity index (χ4n) is 2.46. The zero-order valence-electron chi connectivity index (χ0n) is 13.2. The van der Waals surface area contributed by atoms with Crippen LogP contribution in [0.5, 0.6) is 0 Å². The molecule has 21 heavy (non-hydrogen) atoms. The summed E-state index contributed by atoms with van der Waals surface area (Å²) in [6.45, 7) is 7.46. The third-order valence-electron chi connectivity index (χ3n) is 3.52. The molecule has 0 spiro atoms. The van der Waals surface area contributed by atoms with Crippen molar-refractivity contribution in [3.8, 4) is 0 Å². The molecule has 0 saturated carbocycles. The summed E-state index contributed by atoms with van der Waals surface area (Å²) in [5.74, 6) is 0. The van der Waals surface area contributed by atoms with Gasteiger partial charge in [-0.05, 0) is 38.6 Å². The first-order valence-corrected chi connectivity index (χ1v) is 7.28. The number of halogens is 3. The van der Waals surface area contributed by atoms with E-state index in [9.17, 15) is 13.2 Å². The van der Waals surface area contributed by atoms with Gasteiger partial charge in [-0.2, -0.15) is 13.2 Å². The van der Waals surface area contributed by atoms with Gasteiger partial charge in [-0.1, -0.05) is 30.7 Å². The number of hydrogen-bond acceptors (Lipinski definition) is 2. The first-order valence-electron chi connectivity index (χ1n) is 7.28. The number of alkyl halides is 3. The lowest BCUT2D eigenvalue weighted by atomic mass is 9.98. The highest BCUT2D eigenvalue weighted by Gasteiger charge is 2.27. The highest BCUT2D eigenvalue weighted by Crippen LogP contribution is 2.22. The lowest BCUT2D eigenvalue weighted by Gasteiger charge is -2.26. The Morgan fingerprint density at radius 3 is 2.43 bits per heavy atom. The maximum absolute atomic E-state index is 12.3. The molecule has 1 N–H and O–H groups in total. The molecule has 0 aliphatic heterocycles. The molecule has 0 aliphatic rings. The zero-order chi connectivity index (χ0) is 16.0. The summed E-state index contributed by atoms with van der Waals surface area (Å²) in [4.78, 5) is 1.74. The number of aryl methyl sites for hydroxylation is 2. The number of nitrogens with one attached hydrogen (secondary N) is 1. The van der Waals surface area contributed by atoms with Crippen LogP contribution in [0.4, 0.5) is 13.2 Å². The average molecular weight is 302 g/mol. The van der Waals surface area contributed by atoms with E-state index in [0.717, 1.165) is 12.1 Å². The maximum atomic E-state index is 12.3. The summed E-state index contributed by atoms with van der Waals surface area (Å²) in [5.41, 5.74) is 3.52. The lowest BCUT2D eigenvalue weighted by Crippen LogP contribution is -2.35. The number of likely N-dealkylation sites (N-methyl/N-ethyl adjacent to an activating group) is 2. The molecule has 1 aromatic carbocycles. The Labute approximate surface area is 125 Å². The summed E-state index contributed by atoms with van der Waals surface area (Å²) in [5, 5.41) is 3.36. The zero-order valence-corrected chi connectivity index (χ0v) is 13.2. The Kier molecular flexibility index (Phi) is 6.68. The smallest absolute Gasteiger partial charge is 0.309 e. The topological polar surface area (TPSA) is 15.3 Å². The number of rotatable bonds is 7. The fraction of sp³-hybridized carbons (Fsp3) is 0.625. The molecule has 1 atom stereocenters. The van der Waals surface area contributed by atoms with Gasteiger partial charge in [-0.25, -0.2) is 0 Å². The Balaban J connectivity index is 2.73. The van der Waals surface area contributed by atoms with Crippen LogP contribution in [0, 0.1) is 13.8 Å². The molecule has 0 aliphatic carbocycles. The van der Waals surface area contributed by atoms with Crippen molar-refractivity contribution in [2.24, 2.45) is 0 Å². The van der Waals surface area contributed by atoms with Crippen LogP contribution in [0.3, 0.4) is 0 Å². The Morgan fingerprint density at radius 1 is 1.24 bits per heavy atom. The van der Waals surface area contributed by atoms with Gasteiger partial charge in [0.25, 0.3) is 0 Å². The van der Waals surface area contributed by atoms with Crippen LogP contribution in [0.1, 0.15) is 36.1 Å². The normalized spacial score (nSPS) is 13.7. The second-order valence-corrected chi connectivity index (χ2v) is 5.60. The van der Waals surface area contributed by atoms with E-state index in [1.807, 2.05) is 26.8 Å². The van der Waals surface area contributed by atoms with Crippen LogP contribution in [0.15, 0.2) is 18.2 Å².